The lowest BCUT2D eigenvalue weighted by Crippen LogP contribution is -2.12. The molecule has 1 aliphatic rings. The zero-order chi connectivity index (χ0) is 10.1. The minimum Gasteiger partial charge on any atom is -0.354 e. The normalized spacial score (nSPS) is 21.5. The fourth-order valence-corrected chi connectivity index (χ4v) is 2.92. The highest BCUT2D eigenvalue weighted by molar-refractivity contribution is 7.15. The highest BCUT2D eigenvalue weighted by atomic mass is 32.1. The molecule has 1 fully saturated rings. The van der Waals surface area contributed by atoms with Crippen molar-refractivity contribution in [2.24, 2.45) is 0 Å². The molecule has 3 nitrogen and oxygen atoms in total. The summed E-state index contributed by atoms with van der Waals surface area (Å²) < 4.78 is 0. The molecular formula is C10H17N3S. The molecule has 0 saturated carbocycles. The molecule has 2 rings (SSSR count). The molecule has 14 heavy (non-hydrogen) atoms. The average Bonchev–Trinajstić information content (AvgIpc) is 2.71. The van der Waals surface area contributed by atoms with Crippen molar-refractivity contribution in [1.29, 1.82) is 0 Å². The first kappa shape index (κ1) is 9.93. The average molecular weight is 211 g/mol. The second-order valence-electron chi connectivity index (χ2n) is 3.99. The monoisotopic (exact) mass is 211 g/mol. The van der Waals surface area contributed by atoms with Gasteiger partial charge in [-0.15, -0.1) is 11.3 Å². The van der Waals surface area contributed by atoms with Crippen LogP contribution in [-0.2, 0) is 0 Å². The van der Waals surface area contributed by atoms with Crippen LogP contribution in [0.5, 0.6) is 0 Å². The van der Waals surface area contributed by atoms with E-state index in [-0.39, 0.29) is 0 Å². The van der Waals surface area contributed by atoms with Gasteiger partial charge in [-0.2, -0.15) is 0 Å². The smallest absolute Gasteiger partial charge is 0.185 e. The summed E-state index contributed by atoms with van der Waals surface area (Å²) in [7, 11) is 4.09. The number of rotatable bonds is 2. The van der Waals surface area contributed by atoms with E-state index in [0.29, 0.717) is 6.04 Å². The quantitative estimate of drug-likeness (QED) is 0.810. The number of nitrogens with zero attached hydrogens (tertiary/aromatic N) is 2. The van der Waals surface area contributed by atoms with Crippen LogP contribution in [-0.4, -0.2) is 25.6 Å². The summed E-state index contributed by atoms with van der Waals surface area (Å²) in [5.74, 6) is 0. The van der Waals surface area contributed by atoms with Crippen LogP contribution in [0.25, 0.3) is 0 Å². The predicted molar refractivity (Wildman–Crippen MR) is 61.2 cm³/mol. The second-order valence-corrected chi connectivity index (χ2v) is 5.00. The number of hydrogen-bond acceptors (Lipinski definition) is 4. The third-order valence-corrected chi connectivity index (χ3v) is 4.02. The van der Waals surface area contributed by atoms with Crippen molar-refractivity contribution in [3.63, 3.8) is 0 Å². The molecule has 0 radical (unpaired) electrons. The molecule has 0 aromatic carbocycles. The Hall–Kier alpha value is -0.610. The lowest BCUT2D eigenvalue weighted by atomic mass is 10.2. The number of aromatic nitrogens is 1. The minimum absolute atomic E-state index is 0.557. The van der Waals surface area contributed by atoms with Gasteiger partial charge in [0.25, 0.3) is 0 Å². The molecule has 4 heteroatoms. The Morgan fingerprint density at radius 2 is 2.29 bits per heavy atom. The van der Waals surface area contributed by atoms with E-state index in [2.05, 4.69) is 22.1 Å². The molecule has 2 heterocycles. The number of nitrogens with one attached hydrogen (secondary N) is 1. The first-order valence-electron chi connectivity index (χ1n) is 5.06. The molecule has 1 atom stereocenters. The van der Waals surface area contributed by atoms with Gasteiger partial charge in [0.15, 0.2) is 5.13 Å². The van der Waals surface area contributed by atoms with Crippen LogP contribution in [0, 0.1) is 6.92 Å². The number of hydrogen-bond donors (Lipinski definition) is 1. The largest absolute Gasteiger partial charge is 0.354 e. The molecule has 1 N–H and O–H groups in total. The Morgan fingerprint density at radius 1 is 1.50 bits per heavy atom. The highest BCUT2D eigenvalue weighted by Gasteiger charge is 2.21. The lowest BCUT2D eigenvalue weighted by molar-refractivity contribution is 0.654. The summed E-state index contributed by atoms with van der Waals surface area (Å²) >= 11 is 1.82. The van der Waals surface area contributed by atoms with E-state index < -0.39 is 0 Å². The van der Waals surface area contributed by atoms with Gasteiger partial charge in [-0.25, -0.2) is 4.98 Å². The van der Waals surface area contributed by atoms with E-state index >= 15 is 0 Å². The summed E-state index contributed by atoms with van der Waals surface area (Å²) in [4.78, 5) is 8.06. The van der Waals surface area contributed by atoms with Crippen LogP contribution in [0.4, 0.5) is 5.13 Å². The molecule has 0 bridgehead atoms. The molecule has 78 valence electrons. The van der Waals surface area contributed by atoms with E-state index in [9.17, 15) is 0 Å². The van der Waals surface area contributed by atoms with Gasteiger partial charge < -0.3 is 10.2 Å². The number of anilines is 1. The number of aryl methyl sites for hydroxylation is 1. The fraction of sp³-hybridized carbons (Fsp3) is 0.700. The van der Waals surface area contributed by atoms with E-state index in [0.717, 1.165) is 11.7 Å². The summed E-state index contributed by atoms with van der Waals surface area (Å²) in [5, 5.41) is 4.63. The van der Waals surface area contributed by atoms with Gasteiger partial charge in [-0.1, -0.05) is 0 Å². The summed E-state index contributed by atoms with van der Waals surface area (Å²) in [5.41, 5.74) is 1.19. The topological polar surface area (TPSA) is 28.2 Å². The van der Waals surface area contributed by atoms with Gasteiger partial charge in [0.05, 0.1) is 5.69 Å². The van der Waals surface area contributed by atoms with Gasteiger partial charge >= 0.3 is 0 Å². The van der Waals surface area contributed by atoms with Crippen LogP contribution in [0.2, 0.25) is 0 Å². The maximum atomic E-state index is 4.56. The summed E-state index contributed by atoms with van der Waals surface area (Å²) in [6, 6.07) is 0.557. The van der Waals surface area contributed by atoms with Crippen LogP contribution in [0.3, 0.4) is 0 Å². The Labute approximate surface area is 89.1 Å². The van der Waals surface area contributed by atoms with E-state index in [4.69, 9.17) is 0 Å². The van der Waals surface area contributed by atoms with Crippen molar-refractivity contribution in [2.75, 3.05) is 25.5 Å². The first-order chi connectivity index (χ1) is 6.68. The number of thiazole rings is 1. The van der Waals surface area contributed by atoms with Gasteiger partial charge in [0.1, 0.15) is 0 Å². The van der Waals surface area contributed by atoms with E-state index in [1.54, 1.807) is 0 Å². The van der Waals surface area contributed by atoms with Crippen molar-refractivity contribution in [2.45, 2.75) is 25.8 Å². The Kier molecular flexibility index (Phi) is 2.74. The lowest BCUT2D eigenvalue weighted by Gasteiger charge is -2.08. The highest BCUT2D eigenvalue weighted by Crippen LogP contribution is 2.33. The van der Waals surface area contributed by atoms with E-state index in [1.807, 2.05) is 25.4 Å². The maximum Gasteiger partial charge on any atom is 0.185 e. The van der Waals surface area contributed by atoms with Gasteiger partial charge in [0.2, 0.25) is 0 Å². The molecule has 0 amide bonds. The minimum atomic E-state index is 0.557. The maximum absolute atomic E-state index is 4.56. The Bertz CT molecular complexity index is 313. The van der Waals surface area contributed by atoms with Crippen molar-refractivity contribution >= 4 is 16.5 Å². The van der Waals surface area contributed by atoms with Gasteiger partial charge in [-0.3, -0.25) is 0 Å². The van der Waals surface area contributed by atoms with Crippen LogP contribution in [0.15, 0.2) is 0 Å². The zero-order valence-corrected chi connectivity index (χ0v) is 9.82. The third-order valence-electron chi connectivity index (χ3n) is 2.58. The summed E-state index contributed by atoms with van der Waals surface area (Å²) in [6.07, 6.45) is 2.55. The molecule has 0 aliphatic carbocycles. The molecule has 0 spiro atoms. The van der Waals surface area contributed by atoms with Gasteiger partial charge in [0, 0.05) is 25.0 Å². The van der Waals surface area contributed by atoms with Crippen molar-refractivity contribution < 1.29 is 0 Å². The van der Waals surface area contributed by atoms with Crippen LogP contribution < -0.4 is 10.2 Å². The first-order valence-corrected chi connectivity index (χ1v) is 5.88. The SMILES string of the molecule is Cc1nc(N(C)C)sc1C1CCCN1. The van der Waals surface area contributed by atoms with Crippen molar-refractivity contribution in [3.05, 3.63) is 10.6 Å². The van der Waals surface area contributed by atoms with Gasteiger partial charge in [-0.05, 0) is 26.3 Å². The molecule has 1 aromatic heterocycles. The molecule has 1 aromatic rings. The molecular weight excluding hydrogens is 194 g/mol. The van der Waals surface area contributed by atoms with Crippen LogP contribution in [0.1, 0.15) is 29.5 Å². The standard InChI is InChI=1S/C10H17N3S/c1-7-9(8-5-4-6-11-8)14-10(12-7)13(2)3/h8,11H,4-6H2,1-3H3. The Balaban J connectivity index is 2.24. The molecule has 1 aliphatic heterocycles. The van der Waals surface area contributed by atoms with Crippen molar-refractivity contribution in [1.82, 2.24) is 10.3 Å². The zero-order valence-electron chi connectivity index (χ0n) is 9.00. The second kappa shape index (κ2) is 3.87. The van der Waals surface area contributed by atoms with Crippen LogP contribution >= 0.6 is 11.3 Å². The molecule has 1 saturated heterocycles. The third kappa shape index (κ3) is 1.77. The van der Waals surface area contributed by atoms with E-state index in [1.165, 1.54) is 23.4 Å². The fourth-order valence-electron chi connectivity index (χ4n) is 1.82. The molecule has 1 unspecified atom stereocenters. The summed E-state index contributed by atoms with van der Waals surface area (Å²) in [6.45, 7) is 3.26. The Morgan fingerprint density at radius 3 is 2.79 bits per heavy atom. The van der Waals surface area contributed by atoms with Crippen molar-refractivity contribution in [3.8, 4) is 0 Å². The predicted octanol–water partition coefficient (Wildman–Crippen LogP) is 1.94.